The molecule has 0 aromatic heterocycles. The van der Waals surface area contributed by atoms with E-state index in [1.807, 2.05) is 0 Å². The van der Waals surface area contributed by atoms with Crippen LogP contribution >= 0.6 is 0 Å². The van der Waals surface area contributed by atoms with Crippen LogP contribution in [0.2, 0.25) is 0 Å². The van der Waals surface area contributed by atoms with Crippen molar-refractivity contribution in [2.24, 2.45) is 5.92 Å². The van der Waals surface area contributed by atoms with Gasteiger partial charge < -0.3 is 4.74 Å². The lowest BCUT2D eigenvalue weighted by molar-refractivity contribution is -0.185. The topological polar surface area (TPSA) is 9.23 Å². The van der Waals surface area contributed by atoms with Crippen LogP contribution in [0.4, 0.5) is 30.7 Å². The summed E-state index contributed by atoms with van der Waals surface area (Å²) in [5, 5.41) is 0. The maximum Gasteiger partial charge on any atom is 0.426 e. The standard InChI is InChI=1S/C22H21F7O/c1-2-13-3-5-14(6-4-13)15-7-9-16(10-8-15)22(28,29)30-17-11-18(23)20(19(24)12-17)21(25,26)27/h7-14H,2-6H2,1H3. The van der Waals surface area contributed by atoms with Crippen molar-refractivity contribution in [3.8, 4) is 5.75 Å². The molecule has 0 amide bonds. The zero-order valence-corrected chi connectivity index (χ0v) is 16.2. The Hall–Kier alpha value is -2.25. The van der Waals surface area contributed by atoms with Gasteiger partial charge in [-0.05, 0) is 55.2 Å². The third kappa shape index (κ3) is 4.90. The van der Waals surface area contributed by atoms with Crippen LogP contribution in [0, 0.1) is 17.6 Å². The number of hydrogen-bond acceptors (Lipinski definition) is 1. The first-order chi connectivity index (χ1) is 14.0. The fourth-order valence-corrected chi connectivity index (χ4v) is 3.94. The van der Waals surface area contributed by atoms with Gasteiger partial charge in [-0.25, -0.2) is 8.78 Å². The molecular weight excluding hydrogens is 413 g/mol. The van der Waals surface area contributed by atoms with Gasteiger partial charge in [-0.15, -0.1) is 0 Å². The van der Waals surface area contributed by atoms with E-state index in [2.05, 4.69) is 11.7 Å². The Kier molecular flexibility index (Phi) is 6.34. The number of rotatable bonds is 5. The van der Waals surface area contributed by atoms with Gasteiger partial charge in [-0.2, -0.15) is 22.0 Å². The largest absolute Gasteiger partial charge is 0.429 e. The van der Waals surface area contributed by atoms with Crippen LogP contribution in [0.3, 0.4) is 0 Å². The Morgan fingerprint density at radius 3 is 1.87 bits per heavy atom. The van der Waals surface area contributed by atoms with Crippen molar-refractivity contribution in [3.63, 3.8) is 0 Å². The van der Waals surface area contributed by atoms with Gasteiger partial charge in [0.05, 0.1) is 5.56 Å². The predicted octanol–water partition coefficient (Wildman–Crippen LogP) is 7.80. The maximum absolute atomic E-state index is 14.4. The molecule has 0 atom stereocenters. The summed E-state index contributed by atoms with van der Waals surface area (Å²) in [6.45, 7) is 2.15. The van der Waals surface area contributed by atoms with Crippen LogP contribution in [0.1, 0.15) is 61.6 Å². The van der Waals surface area contributed by atoms with E-state index >= 15 is 0 Å². The lowest BCUT2D eigenvalue weighted by atomic mass is 9.78. The highest BCUT2D eigenvalue weighted by Crippen LogP contribution is 2.40. The zero-order valence-electron chi connectivity index (χ0n) is 16.2. The van der Waals surface area contributed by atoms with Crippen LogP contribution in [0.15, 0.2) is 36.4 Å². The Bertz CT molecular complexity index is 843. The molecule has 30 heavy (non-hydrogen) atoms. The first-order valence-corrected chi connectivity index (χ1v) is 9.74. The molecule has 0 heterocycles. The molecule has 2 aromatic carbocycles. The van der Waals surface area contributed by atoms with Gasteiger partial charge in [-0.1, -0.05) is 25.5 Å². The third-order valence-corrected chi connectivity index (χ3v) is 5.69. The van der Waals surface area contributed by atoms with Crippen LogP contribution in [-0.2, 0) is 12.3 Å². The molecule has 0 spiro atoms. The van der Waals surface area contributed by atoms with E-state index in [0.717, 1.165) is 49.8 Å². The second-order valence-corrected chi connectivity index (χ2v) is 7.63. The quantitative estimate of drug-likeness (QED) is 0.437. The molecule has 1 fully saturated rings. The van der Waals surface area contributed by atoms with E-state index in [1.54, 1.807) is 12.1 Å². The van der Waals surface area contributed by atoms with Crippen LogP contribution in [0.25, 0.3) is 0 Å². The minimum Gasteiger partial charge on any atom is -0.429 e. The molecule has 1 nitrogen and oxygen atoms in total. The molecule has 3 rings (SSSR count). The Labute approximate surface area is 169 Å². The molecule has 0 aliphatic heterocycles. The van der Waals surface area contributed by atoms with Crippen molar-refractivity contribution in [1.29, 1.82) is 0 Å². The molecule has 1 saturated carbocycles. The van der Waals surface area contributed by atoms with E-state index in [-0.39, 0.29) is 18.1 Å². The van der Waals surface area contributed by atoms with E-state index in [0.29, 0.717) is 5.92 Å². The fraction of sp³-hybridized carbons (Fsp3) is 0.455. The van der Waals surface area contributed by atoms with Crippen molar-refractivity contribution in [2.45, 2.75) is 57.2 Å². The molecule has 8 heteroatoms. The van der Waals surface area contributed by atoms with Gasteiger partial charge in [-0.3, -0.25) is 0 Å². The van der Waals surface area contributed by atoms with Crippen molar-refractivity contribution in [1.82, 2.24) is 0 Å². The molecule has 164 valence electrons. The number of hydrogen-bond donors (Lipinski definition) is 0. The van der Waals surface area contributed by atoms with Crippen molar-refractivity contribution >= 4 is 0 Å². The monoisotopic (exact) mass is 434 g/mol. The van der Waals surface area contributed by atoms with Gasteiger partial charge in [0.2, 0.25) is 0 Å². The summed E-state index contributed by atoms with van der Waals surface area (Å²) < 4.78 is 98.2. The minimum atomic E-state index is -5.29. The normalized spacial score (nSPS) is 20.3. The van der Waals surface area contributed by atoms with E-state index < -0.39 is 40.8 Å². The van der Waals surface area contributed by atoms with Gasteiger partial charge >= 0.3 is 12.3 Å². The van der Waals surface area contributed by atoms with Gasteiger partial charge in [0.15, 0.2) is 0 Å². The third-order valence-electron chi connectivity index (χ3n) is 5.69. The van der Waals surface area contributed by atoms with Gasteiger partial charge in [0.1, 0.15) is 22.9 Å². The minimum absolute atomic E-state index is 0.0976. The summed E-state index contributed by atoms with van der Waals surface area (Å²) in [6.07, 6.45) is -4.00. The number of ether oxygens (including phenoxy) is 1. The second kappa shape index (κ2) is 8.47. The summed E-state index contributed by atoms with van der Waals surface area (Å²) in [5.41, 5.74) is -1.79. The smallest absolute Gasteiger partial charge is 0.426 e. The number of alkyl halides is 5. The van der Waals surface area contributed by atoms with Crippen molar-refractivity contribution in [2.75, 3.05) is 0 Å². The van der Waals surface area contributed by atoms with E-state index in [1.165, 1.54) is 0 Å². The van der Waals surface area contributed by atoms with Gasteiger partial charge in [0.25, 0.3) is 0 Å². The highest BCUT2D eigenvalue weighted by atomic mass is 19.4. The zero-order chi connectivity index (χ0) is 22.1. The molecule has 0 radical (unpaired) electrons. The fourth-order valence-electron chi connectivity index (χ4n) is 3.94. The average molecular weight is 434 g/mol. The molecule has 0 unspecified atom stereocenters. The summed E-state index contributed by atoms with van der Waals surface area (Å²) in [5.74, 6) is -4.10. The first-order valence-electron chi connectivity index (χ1n) is 9.74. The highest BCUT2D eigenvalue weighted by molar-refractivity contribution is 5.34. The number of benzene rings is 2. The number of halogens is 7. The molecule has 0 N–H and O–H groups in total. The second-order valence-electron chi connectivity index (χ2n) is 7.63. The molecular formula is C22H21F7O. The van der Waals surface area contributed by atoms with Gasteiger partial charge in [0, 0.05) is 12.1 Å². The summed E-state index contributed by atoms with van der Waals surface area (Å²) in [7, 11) is 0. The summed E-state index contributed by atoms with van der Waals surface area (Å²) in [6, 6.07) is 5.66. The Balaban J connectivity index is 1.74. The Morgan fingerprint density at radius 2 is 1.40 bits per heavy atom. The van der Waals surface area contributed by atoms with E-state index in [9.17, 15) is 30.7 Å². The molecule has 0 bridgehead atoms. The molecule has 2 aromatic rings. The van der Waals surface area contributed by atoms with Crippen LogP contribution < -0.4 is 4.74 Å². The van der Waals surface area contributed by atoms with Crippen LogP contribution in [0.5, 0.6) is 5.75 Å². The molecule has 1 aliphatic rings. The van der Waals surface area contributed by atoms with Crippen molar-refractivity contribution in [3.05, 3.63) is 64.7 Å². The maximum atomic E-state index is 14.4. The van der Waals surface area contributed by atoms with Crippen LogP contribution in [-0.4, -0.2) is 0 Å². The lowest BCUT2D eigenvalue weighted by Crippen LogP contribution is -2.22. The van der Waals surface area contributed by atoms with E-state index in [4.69, 9.17) is 0 Å². The SMILES string of the molecule is CCC1CCC(c2ccc(C(F)(F)Oc3cc(F)c(C(F)(F)F)c(F)c3)cc2)CC1. The lowest BCUT2D eigenvalue weighted by Gasteiger charge is -2.28. The first kappa shape index (κ1) is 22.4. The summed E-state index contributed by atoms with van der Waals surface area (Å²) >= 11 is 0. The molecule has 1 aliphatic carbocycles. The predicted molar refractivity (Wildman–Crippen MR) is 97.3 cm³/mol. The molecule has 0 saturated heterocycles. The highest BCUT2D eigenvalue weighted by Gasteiger charge is 2.40. The Morgan fingerprint density at radius 1 is 0.867 bits per heavy atom. The average Bonchev–Trinajstić information content (AvgIpc) is 2.66. The summed E-state index contributed by atoms with van der Waals surface area (Å²) in [4.78, 5) is 0. The van der Waals surface area contributed by atoms with Crippen molar-refractivity contribution < 1.29 is 35.5 Å².